The van der Waals surface area contributed by atoms with Crippen LogP contribution < -0.4 is 9.47 Å². The molecular weight excluding hydrogens is 336 g/mol. The number of carbonyl (C=O) groups is 1. The van der Waals surface area contributed by atoms with Crippen molar-refractivity contribution in [1.82, 2.24) is 0 Å². The second-order valence-electron chi connectivity index (χ2n) is 5.33. The third-order valence-corrected chi connectivity index (χ3v) is 4.84. The van der Waals surface area contributed by atoms with E-state index in [0.29, 0.717) is 30.9 Å². The number of aliphatic carboxylic acids is 1. The fourth-order valence-electron chi connectivity index (χ4n) is 3.16. The SMILES string of the molecule is CCOc1c(OC)ccc(Br)c1C1(C(=O)O)CCCCC1. The van der Waals surface area contributed by atoms with Crippen LogP contribution in [0, 0.1) is 0 Å². The van der Waals surface area contributed by atoms with Crippen LogP contribution in [0.3, 0.4) is 0 Å². The average molecular weight is 357 g/mol. The van der Waals surface area contributed by atoms with Gasteiger partial charge in [-0.3, -0.25) is 4.79 Å². The van der Waals surface area contributed by atoms with E-state index in [1.165, 1.54) is 0 Å². The molecule has 0 bridgehead atoms. The van der Waals surface area contributed by atoms with E-state index in [9.17, 15) is 9.90 Å². The van der Waals surface area contributed by atoms with Crippen molar-refractivity contribution < 1.29 is 19.4 Å². The third kappa shape index (κ3) is 2.89. The molecule has 1 aromatic carbocycles. The molecule has 1 N–H and O–H groups in total. The molecule has 21 heavy (non-hydrogen) atoms. The molecule has 0 spiro atoms. The molecule has 0 aliphatic heterocycles. The van der Waals surface area contributed by atoms with Gasteiger partial charge in [-0.05, 0) is 31.9 Å². The minimum Gasteiger partial charge on any atom is -0.493 e. The highest BCUT2D eigenvalue weighted by molar-refractivity contribution is 9.10. The van der Waals surface area contributed by atoms with Crippen molar-refractivity contribution in [2.24, 2.45) is 0 Å². The Hall–Kier alpha value is -1.23. The van der Waals surface area contributed by atoms with Gasteiger partial charge in [0.05, 0.1) is 19.1 Å². The largest absolute Gasteiger partial charge is 0.493 e. The zero-order valence-electron chi connectivity index (χ0n) is 12.4. The zero-order chi connectivity index (χ0) is 15.5. The van der Waals surface area contributed by atoms with Crippen molar-refractivity contribution in [1.29, 1.82) is 0 Å². The van der Waals surface area contributed by atoms with Crippen LogP contribution in [0.15, 0.2) is 16.6 Å². The minimum absolute atomic E-state index is 0.468. The molecule has 0 heterocycles. The van der Waals surface area contributed by atoms with Gasteiger partial charge in [-0.15, -0.1) is 0 Å². The van der Waals surface area contributed by atoms with Gasteiger partial charge in [0, 0.05) is 10.0 Å². The molecule has 0 atom stereocenters. The molecule has 1 aromatic rings. The highest BCUT2D eigenvalue weighted by atomic mass is 79.9. The molecule has 4 nitrogen and oxygen atoms in total. The molecule has 2 rings (SSSR count). The maximum atomic E-state index is 12.1. The summed E-state index contributed by atoms with van der Waals surface area (Å²) in [6, 6.07) is 3.65. The summed E-state index contributed by atoms with van der Waals surface area (Å²) in [5.41, 5.74) is -0.174. The smallest absolute Gasteiger partial charge is 0.314 e. The lowest BCUT2D eigenvalue weighted by atomic mass is 9.69. The average Bonchev–Trinajstić information content (AvgIpc) is 2.48. The normalized spacial score (nSPS) is 17.3. The van der Waals surface area contributed by atoms with Gasteiger partial charge in [-0.25, -0.2) is 0 Å². The number of carboxylic acid groups (broad SMARTS) is 1. The molecule has 1 fully saturated rings. The summed E-state index contributed by atoms with van der Waals surface area (Å²) in [6.45, 7) is 2.36. The summed E-state index contributed by atoms with van der Waals surface area (Å²) < 4.78 is 11.9. The lowest BCUT2D eigenvalue weighted by Crippen LogP contribution is -2.38. The molecule has 0 radical (unpaired) electrons. The molecule has 116 valence electrons. The van der Waals surface area contributed by atoms with Crippen LogP contribution in [0.4, 0.5) is 0 Å². The van der Waals surface area contributed by atoms with E-state index in [0.717, 1.165) is 29.3 Å². The van der Waals surface area contributed by atoms with E-state index in [1.54, 1.807) is 13.2 Å². The van der Waals surface area contributed by atoms with Crippen LogP contribution >= 0.6 is 15.9 Å². The van der Waals surface area contributed by atoms with Crippen LogP contribution in [0.5, 0.6) is 11.5 Å². The summed E-state index contributed by atoms with van der Waals surface area (Å²) >= 11 is 3.52. The van der Waals surface area contributed by atoms with Gasteiger partial charge in [0.2, 0.25) is 0 Å². The molecule has 0 unspecified atom stereocenters. The van der Waals surface area contributed by atoms with Gasteiger partial charge in [0.1, 0.15) is 0 Å². The standard InChI is InChI=1S/C16H21BrO4/c1-3-21-14-12(20-2)8-7-11(17)13(14)16(15(18)19)9-5-4-6-10-16/h7-8H,3-6,9-10H2,1-2H3,(H,18,19). The van der Waals surface area contributed by atoms with Crippen molar-refractivity contribution in [3.8, 4) is 11.5 Å². The topological polar surface area (TPSA) is 55.8 Å². The van der Waals surface area contributed by atoms with E-state index in [2.05, 4.69) is 15.9 Å². The Balaban J connectivity index is 2.66. The number of hydrogen-bond acceptors (Lipinski definition) is 3. The lowest BCUT2D eigenvalue weighted by Gasteiger charge is -2.35. The van der Waals surface area contributed by atoms with E-state index in [1.807, 2.05) is 13.0 Å². The van der Waals surface area contributed by atoms with Crippen LogP contribution in [-0.2, 0) is 10.2 Å². The molecule has 0 aromatic heterocycles. The Morgan fingerprint density at radius 3 is 2.52 bits per heavy atom. The minimum atomic E-state index is -0.893. The van der Waals surface area contributed by atoms with Crippen molar-refractivity contribution in [2.45, 2.75) is 44.4 Å². The van der Waals surface area contributed by atoms with Crippen molar-refractivity contribution in [2.75, 3.05) is 13.7 Å². The highest BCUT2D eigenvalue weighted by Gasteiger charge is 2.45. The van der Waals surface area contributed by atoms with Gasteiger partial charge in [-0.1, -0.05) is 35.2 Å². The Morgan fingerprint density at radius 2 is 2.00 bits per heavy atom. The van der Waals surface area contributed by atoms with Crippen molar-refractivity contribution in [3.63, 3.8) is 0 Å². The number of benzene rings is 1. The summed E-state index contributed by atoms with van der Waals surface area (Å²) in [6.07, 6.45) is 4.19. The van der Waals surface area contributed by atoms with Crippen LogP contribution in [0.25, 0.3) is 0 Å². The maximum absolute atomic E-state index is 12.1. The number of methoxy groups -OCH3 is 1. The molecular formula is C16H21BrO4. The van der Waals surface area contributed by atoms with Crippen molar-refractivity contribution in [3.05, 3.63) is 22.2 Å². The monoisotopic (exact) mass is 356 g/mol. The number of halogens is 1. The molecule has 1 aliphatic rings. The second-order valence-corrected chi connectivity index (χ2v) is 6.19. The van der Waals surface area contributed by atoms with E-state index >= 15 is 0 Å². The Kier molecular flexibility index (Phi) is 5.14. The first-order valence-corrected chi connectivity index (χ1v) is 8.09. The lowest BCUT2D eigenvalue weighted by molar-refractivity contribution is -0.145. The maximum Gasteiger partial charge on any atom is 0.314 e. The Bertz CT molecular complexity index is 521. The van der Waals surface area contributed by atoms with Gasteiger partial charge in [0.25, 0.3) is 0 Å². The predicted octanol–water partition coefficient (Wildman–Crippen LogP) is 4.14. The van der Waals surface area contributed by atoms with E-state index < -0.39 is 11.4 Å². The van der Waals surface area contributed by atoms with Gasteiger partial charge < -0.3 is 14.6 Å². The van der Waals surface area contributed by atoms with Gasteiger partial charge >= 0.3 is 5.97 Å². The molecule has 1 aliphatic carbocycles. The number of rotatable bonds is 5. The fourth-order valence-corrected chi connectivity index (χ4v) is 3.85. The zero-order valence-corrected chi connectivity index (χ0v) is 14.0. The summed E-state index contributed by atoms with van der Waals surface area (Å²) in [7, 11) is 1.57. The summed E-state index contributed by atoms with van der Waals surface area (Å²) in [4.78, 5) is 12.1. The summed E-state index contributed by atoms with van der Waals surface area (Å²) in [5.74, 6) is 0.358. The van der Waals surface area contributed by atoms with Crippen LogP contribution in [0.1, 0.15) is 44.6 Å². The van der Waals surface area contributed by atoms with Gasteiger partial charge in [0.15, 0.2) is 11.5 Å². The second kappa shape index (κ2) is 6.69. The molecule has 0 saturated heterocycles. The Morgan fingerprint density at radius 1 is 1.33 bits per heavy atom. The van der Waals surface area contributed by atoms with Crippen LogP contribution in [-0.4, -0.2) is 24.8 Å². The Labute approximate surface area is 133 Å². The third-order valence-electron chi connectivity index (χ3n) is 4.17. The first-order chi connectivity index (χ1) is 10.1. The van der Waals surface area contributed by atoms with Gasteiger partial charge in [-0.2, -0.15) is 0 Å². The predicted molar refractivity (Wildman–Crippen MR) is 84.3 cm³/mol. The summed E-state index contributed by atoms with van der Waals surface area (Å²) in [5, 5.41) is 9.91. The first kappa shape index (κ1) is 16.1. The number of ether oxygens (including phenoxy) is 2. The molecule has 1 saturated carbocycles. The number of carboxylic acids is 1. The first-order valence-electron chi connectivity index (χ1n) is 7.30. The molecule has 5 heteroatoms. The van der Waals surface area contributed by atoms with E-state index in [4.69, 9.17) is 9.47 Å². The van der Waals surface area contributed by atoms with Crippen LogP contribution in [0.2, 0.25) is 0 Å². The fraction of sp³-hybridized carbons (Fsp3) is 0.562. The van der Waals surface area contributed by atoms with E-state index in [-0.39, 0.29) is 0 Å². The van der Waals surface area contributed by atoms with Crippen molar-refractivity contribution >= 4 is 21.9 Å². The highest BCUT2D eigenvalue weighted by Crippen LogP contribution is 2.49. The molecule has 0 amide bonds. The number of hydrogen-bond donors (Lipinski definition) is 1. The quantitative estimate of drug-likeness (QED) is 0.860.